The minimum Gasteiger partial charge on any atom is -0.488 e. The highest BCUT2D eigenvalue weighted by molar-refractivity contribution is 14.0. The number of halogens is 2. The zero-order valence-corrected chi connectivity index (χ0v) is 20.3. The summed E-state index contributed by atoms with van der Waals surface area (Å²) in [5.41, 5.74) is 3.53. The van der Waals surface area contributed by atoms with Crippen LogP contribution < -0.4 is 15.4 Å². The fraction of sp³-hybridized carbons (Fsp3) is 0.524. The minimum absolute atomic E-state index is 0. The molecule has 0 aliphatic carbocycles. The number of nitrogens with zero attached hydrogens (tertiary/aromatic N) is 3. The van der Waals surface area contributed by atoms with E-state index in [0.29, 0.717) is 12.3 Å². The highest BCUT2D eigenvalue weighted by Gasteiger charge is 2.11. The third-order valence-corrected chi connectivity index (χ3v) is 4.68. The number of benzene rings is 1. The fourth-order valence-electron chi connectivity index (χ4n) is 3.00. The summed E-state index contributed by atoms with van der Waals surface area (Å²) in [6.45, 7) is 10.2. The van der Waals surface area contributed by atoms with Gasteiger partial charge in [0.25, 0.3) is 0 Å². The van der Waals surface area contributed by atoms with Gasteiger partial charge in [-0.2, -0.15) is 5.10 Å². The number of aryl methyl sites for hydroxylation is 2. The molecule has 1 unspecified atom stereocenters. The molecule has 0 fully saturated rings. The van der Waals surface area contributed by atoms with Crippen molar-refractivity contribution >= 4 is 29.9 Å². The Labute approximate surface area is 190 Å². The zero-order valence-electron chi connectivity index (χ0n) is 18.0. The standard InChI is InChI=1S/C21H32FN5O.HI/c1-6-18(28-19-10-8-9-17(22)13-19)14-25-21(23-7-2)24-12-11-20-15(3)26-27(5)16(20)4;/h8-10,13,18H,6-7,11-12,14H2,1-5H3,(H2,23,24,25);1H. The van der Waals surface area contributed by atoms with Crippen molar-refractivity contribution in [2.75, 3.05) is 19.6 Å². The highest BCUT2D eigenvalue weighted by atomic mass is 127. The van der Waals surface area contributed by atoms with Gasteiger partial charge in [0.2, 0.25) is 0 Å². The second kappa shape index (κ2) is 12.7. The molecule has 0 aliphatic heterocycles. The van der Waals surface area contributed by atoms with E-state index in [1.54, 1.807) is 12.1 Å². The summed E-state index contributed by atoms with van der Waals surface area (Å²) in [6, 6.07) is 6.21. The van der Waals surface area contributed by atoms with Crippen molar-refractivity contribution in [1.82, 2.24) is 20.4 Å². The summed E-state index contributed by atoms with van der Waals surface area (Å²) < 4.78 is 21.1. The van der Waals surface area contributed by atoms with E-state index < -0.39 is 0 Å². The van der Waals surface area contributed by atoms with Gasteiger partial charge in [-0.25, -0.2) is 9.38 Å². The van der Waals surface area contributed by atoms with Crippen LogP contribution in [-0.2, 0) is 13.5 Å². The van der Waals surface area contributed by atoms with Crippen molar-refractivity contribution in [2.45, 2.75) is 46.6 Å². The Morgan fingerprint density at radius 1 is 1.28 bits per heavy atom. The molecule has 2 aromatic rings. The van der Waals surface area contributed by atoms with Gasteiger partial charge < -0.3 is 15.4 Å². The maximum absolute atomic E-state index is 13.3. The van der Waals surface area contributed by atoms with Crippen molar-refractivity contribution in [3.63, 3.8) is 0 Å². The number of ether oxygens (including phenoxy) is 1. The molecule has 0 radical (unpaired) electrons. The third kappa shape index (κ3) is 7.83. The molecule has 1 aromatic heterocycles. The van der Waals surface area contributed by atoms with Crippen LogP contribution >= 0.6 is 24.0 Å². The van der Waals surface area contributed by atoms with Crippen LogP contribution in [-0.4, -0.2) is 41.5 Å². The first-order chi connectivity index (χ1) is 13.4. The van der Waals surface area contributed by atoms with E-state index in [0.717, 1.165) is 37.6 Å². The van der Waals surface area contributed by atoms with Crippen molar-refractivity contribution < 1.29 is 9.13 Å². The van der Waals surface area contributed by atoms with E-state index in [9.17, 15) is 4.39 Å². The molecule has 0 aliphatic rings. The molecule has 1 atom stereocenters. The van der Waals surface area contributed by atoms with Gasteiger partial charge in [0.1, 0.15) is 17.7 Å². The number of rotatable bonds is 9. The minimum atomic E-state index is -0.299. The maximum atomic E-state index is 13.3. The van der Waals surface area contributed by atoms with E-state index in [1.807, 2.05) is 32.5 Å². The van der Waals surface area contributed by atoms with E-state index in [4.69, 9.17) is 4.74 Å². The van der Waals surface area contributed by atoms with Crippen molar-refractivity contribution in [2.24, 2.45) is 12.0 Å². The Hall–Kier alpha value is -1.84. The average molecular weight is 517 g/mol. The Morgan fingerprint density at radius 2 is 2.03 bits per heavy atom. The molecule has 0 saturated heterocycles. The molecule has 29 heavy (non-hydrogen) atoms. The molecule has 2 rings (SSSR count). The zero-order chi connectivity index (χ0) is 20.5. The summed E-state index contributed by atoms with van der Waals surface area (Å²) in [5.74, 6) is 0.984. The first-order valence-corrected chi connectivity index (χ1v) is 9.88. The van der Waals surface area contributed by atoms with Crippen LogP contribution in [0.1, 0.15) is 37.2 Å². The van der Waals surface area contributed by atoms with Crippen molar-refractivity contribution in [3.05, 3.63) is 47.0 Å². The second-order valence-electron chi connectivity index (χ2n) is 6.77. The summed E-state index contributed by atoms with van der Waals surface area (Å²) in [4.78, 5) is 4.64. The quantitative estimate of drug-likeness (QED) is 0.302. The van der Waals surface area contributed by atoms with Crippen molar-refractivity contribution in [3.8, 4) is 5.75 Å². The molecule has 6 nitrogen and oxygen atoms in total. The van der Waals surface area contributed by atoms with Gasteiger partial charge in [0.15, 0.2) is 5.96 Å². The number of aromatic nitrogens is 2. The lowest BCUT2D eigenvalue weighted by molar-refractivity contribution is 0.205. The summed E-state index contributed by atoms with van der Waals surface area (Å²) in [5, 5.41) is 11.1. The molecule has 1 aromatic carbocycles. The highest BCUT2D eigenvalue weighted by Crippen LogP contribution is 2.15. The van der Waals surface area contributed by atoms with Crippen LogP contribution in [0.25, 0.3) is 0 Å². The molecule has 0 amide bonds. The van der Waals surface area contributed by atoms with Crippen LogP contribution in [0, 0.1) is 19.7 Å². The Bertz CT molecular complexity index is 793. The summed E-state index contributed by atoms with van der Waals surface area (Å²) >= 11 is 0. The Kier molecular flexibility index (Phi) is 11.0. The fourth-order valence-corrected chi connectivity index (χ4v) is 3.00. The van der Waals surface area contributed by atoms with Gasteiger partial charge >= 0.3 is 0 Å². The predicted molar refractivity (Wildman–Crippen MR) is 127 cm³/mol. The number of aliphatic imine (C=N–C) groups is 1. The summed E-state index contributed by atoms with van der Waals surface area (Å²) in [7, 11) is 1.97. The van der Waals surface area contributed by atoms with Crippen LogP contribution in [0.3, 0.4) is 0 Å². The Morgan fingerprint density at radius 3 is 2.62 bits per heavy atom. The smallest absolute Gasteiger partial charge is 0.191 e. The first-order valence-electron chi connectivity index (χ1n) is 9.88. The summed E-state index contributed by atoms with van der Waals surface area (Å²) in [6.07, 6.45) is 1.56. The van der Waals surface area contributed by atoms with Crippen LogP contribution in [0.4, 0.5) is 4.39 Å². The van der Waals surface area contributed by atoms with Gasteiger partial charge in [-0.1, -0.05) is 13.0 Å². The van der Waals surface area contributed by atoms with Crippen molar-refractivity contribution in [1.29, 1.82) is 0 Å². The lowest BCUT2D eigenvalue weighted by Crippen LogP contribution is -2.39. The second-order valence-corrected chi connectivity index (χ2v) is 6.77. The van der Waals surface area contributed by atoms with Crippen LogP contribution in [0.15, 0.2) is 29.3 Å². The third-order valence-electron chi connectivity index (χ3n) is 4.68. The normalized spacial score (nSPS) is 12.3. The number of guanidine groups is 1. The molecule has 162 valence electrons. The Balaban J connectivity index is 0.00000420. The van der Waals surface area contributed by atoms with Gasteiger partial charge in [0, 0.05) is 31.9 Å². The van der Waals surface area contributed by atoms with E-state index in [1.165, 1.54) is 23.4 Å². The molecule has 8 heteroatoms. The number of hydrogen-bond acceptors (Lipinski definition) is 3. The molecule has 0 bridgehead atoms. The molecule has 0 saturated carbocycles. The topological polar surface area (TPSA) is 63.5 Å². The van der Waals surface area contributed by atoms with Gasteiger partial charge in [0.05, 0.1) is 12.2 Å². The lowest BCUT2D eigenvalue weighted by atomic mass is 10.1. The van der Waals surface area contributed by atoms with E-state index >= 15 is 0 Å². The lowest BCUT2D eigenvalue weighted by Gasteiger charge is -2.17. The van der Waals surface area contributed by atoms with Gasteiger partial charge in [-0.05, 0) is 51.3 Å². The number of hydrogen-bond donors (Lipinski definition) is 2. The largest absolute Gasteiger partial charge is 0.488 e. The van der Waals surface area contributed by atoms with Crippen LogP contribution in [0.2, 0.25) is 0 Å². The monoisotopic (exact) mass is 517 g/mol. The van der Waals surface area contributed by atoms with Gasteiger partial charge in [-0.15, -0.1) is 24.0 Å². The van der Waals surface area contributed by atoms with Crippen LogP contribution in [0.5, 0.6) is 5.75 Å². The molecule has 2 N–H and O–H groups in total. The first kappa shape index (κ1) is 25.2. The molecule has 0 spiro atoms. The van der Waals surface area contributed by atoms with E-state index in [-0.39, 0.29) is 35.9 Å². The number of nitrogens with one attached hydrogen (secondary N) is 2. The maximum Gasteiger partial charge on any atom is 0.191 e. The predicted octanol–water partition coefficient (Wildman–Crippen LogP) is 3.75. The molecular formula is C21H33FIN5O. The SMILES string of the molecule is CCNC(=NCC(CC)Oc1cccc(F)c1)NCCc1c(C)nn(C)c1C.I. The molecular weight excluding hydrogens is 484 g/mol. The average Bonchev–Trinajstić information content (AvgIpc) is 2.90. The molecule has 1 heterocycles. The van der Waals surface area contributed by atoms with Gasteiger partial charge in [-0.3, -0.25) is 4.68 Å². The van der Waals surface area contributed by atoms with E-state index in [2.05, 4.69) is 27.6 Å².